The predicted octanol–water partition coefficient (Wildman–Crippen LogP) is 4.29. The summed E-state index contributed by atoms with van der Waals surface area (Å²) in [5, 5.41) is 2.21. The lowest BCUT2D eigenvalue weighted by atomic mass is 9.97. The maximum Gasteiger partial charge on any atom is 0.200 e. The monoisotopic (exact) mass is 255 g/mol. The smallest absolute Gasteiger partial charge is 0.200 e. The summed E-state index contributed by atoms with van der Waals surface area (Å²) in [4.78, 5) is 4.67. The Kier molecular flexibility index (Phi) is 2.52. The third kappa shape index (κ3) is 1.95. The lowest BCUT2D eigenvalue weighted by Crippen LogP contribution is -2.10. The van der Waals surface area contributed by atoms with E-state index < -0.39 is 0 Å². The van der Waals surface area contributed by atoms with Crippen LogP contribution >= 0.6 is 0 Å². The largest absolute Gasteiger partial charge is 0.497 e. The molecule has 0 fully saturated rings. The van der Waals surface area contributed by atoms with Gasteiger partial charge < -0.3 is 9.15 Å². The number of hydrogen-bond donors (Lipinski definition) is 0. The molecule has 0 aliphatic heterocycles. The van der Waals surface area contributed by atoms with Crippen LogP contribution in [0.5, 0.6) is 5.75 Å². The van der Waals surface area contributed by atoms with Crippen molar-refractivity contribution in [1.29, 1.82) is 0 Å². The molecule has 0 radical (unpaired) electrons. The molecular formula is C16H17NO2. The highest BCUT2D eigenvalue weighted by Crippen LogP contribution is 2.32. The van der Waals surface area contributed by atoms with Crippen LogP contribution in [0.15, 0.2) is 34.7 Å². The number of nitrogens with zero attached hydrogens (tertiary/aromatic N) is 1. The maximum atomic E-state index is 5.86. The number of aromatic nitrogens is 1. The van der Waals surface area contributed by atoms with Gasteiger partial charge in [0.15, 0.2) is 5.58 Å². The number of fused-ring (bicyclic) bond motifs is 3. The fraction of sp³-hybridized carbons (Fsp3) is 0.312. The zero-order valence-corrected chi connectivity index (χ0v) is 11.7. The molecule has 3 nitrogen and oxygen atoms in total. The number of rotatable bonds is 1. The molecule has 0 saturated heterocycles. The van der Waals surface area contributed by atoms with E-state index in [0.29, 0.717) is 0 Å². The third-order valence-corrected chi connectivity index (χ3v) is 3.22. The first-order chi connectivity index (χ1) is 8.99. The first-order valence-electron chi connectivity index (χ1n) is 6.37. The molecule has 0 N–H and O–H groups in total. The van der Waals surface area contributed by atoms with Gasteiger partial charge in [0.1, 0.15) is 11.3 Å². The van der Waals surface area contributed by atoms with Gasteiger partial charge in [-0.1, -0.05) is 32.9 Å². The van der Waals surface area contributed by atoms with E-state index in [1.54, 1.807) is 7.11 Å². The summed E-state index contributed by atoms with van der Waals surface area (Å²) in [6.07, 6.45) is 0. The Morgan fingerprint density at radius 1 is 1.11 bits per heavy atom. The van der Waals surface area contributed by atoms with Crippen molar-refractivity contribution in [3.8, 4) is 5.75 Å². The second-order valence-corrected chi connectivity index (χ2v) is 5.77. The molecule has 0 amide bonds. The van der Waals surface area contributed by atoms with E-state index in [1.165, 1.54) is 0 Å². The SMILES string of the molecule is COc1ccc2ccc3oc(C(C)(C)C)nc3c2c1. The molecule has 1 aromatic heterocycles. The Balaban J connectivity index is 2.35. The van der Waals surface area contributed by atoms with E-state index in [0.717, 1.165) is 33.5 Å². The minimum atomic E-state index is -0.0930. The topological polar surface area (TPSA) is 35.3 Å². The highest BCUT2D eigenvalue weighted by Gasteiger charge is 2.21. The van der Waals surface area contributed by atoms with Gasteiger partial charge in [-0.3, -0.25) is 0 Å². The molecule has 1 heterocycles. The first-order valence-corrected chi connectivity index (χ1v) is 6.37. The molecular weight excluding hydrogens is 238 g/mol. The van der Waals surface area contributed by atoms with Gasteiger partial charge in [-0.05, 0) is 23.6 Å². The van der Waals surface area contributed by atoms with Crippen LogP contribution in [0.3, 0.4) is 0 Å². The predicted molar refractivity (Wildman–Crippen MR) is 76.8 cm³/mol. The third-order valence-electron chi connectivity index (χ3n) is 3.22. The molecule has 3 heteroatoms. The van der Waals surface area contributed by atoms with Crippen LogP contribution in [0, 0.1) is 0 Å². The average molecular weight is 255 g/mol. The van der Waals surface area contributed by atoms with Crippen molar-refractivity contribution in [2.75, 3.05) is 7.11 Å². The normalized spacial score (nSPS) is 12.2. The molecule has 0 saturated carbocycles. The van der Waals surface area contributed by atoms with Crippen molar-refractivity contribution in [3.05, 3.63) is 36.2 Å². The Morgan fingerprint density at radius 2 is 1.84 bits per heavy atom. The standard InChI is InChI=1S/C16H17NO2/c1-16(2,3)15-17-14-12-9-11(18-4)7-5-10(12)6-8-13(14)19-15/h5-9H,1-4H3. The summed E-state index contributed by atoms with van der Waals surface area (Å²) >= 11 is 0. The van der Waals surface area contributed by atoms with Gasteiger partial charge in [0.05, 0.1) is 7.11 Å². The molecule has 3 rings (SSSR count). The van der Waals surface area contributed by atoms with Crippen LogP contribution in [-0.2, 0) is 5.41 Å². The van der Waals surface area contributed by atoms with Gasteiger partial charge in [0.25, 0.3) is 0 Å². The Labute approximate surface area is 112 Å². The molecule has 3 aromatic rings. The van der Waals surface area contributed by atoms with Crippen molar-refractivity contribution in [2.24, 2.45) is 0 Å². The second kappa shape index (κ2) is 3.98. The second-order valence-electron chi connectivity index (χ2n) is 5.77. The Hall–Kier alpha value is -2.03. The number of ether oxygens (including phenoxy) is 1. The van der Waals surface area contributed by atoms with Crippen LogP contribution in [-0.4, -0.2) is 12.1 Å². The van der Waals surface area contributed by atoms with Crippen LogP contribution in [0.4, 0.5) is 0 Å². The number of hydrogen-bond acceptors (Lipinski definition) is 3. The Bertz CT molecular complexity index is 750. The van der Waals surface area contributed by atoms with E-state index in [9.17, 15) is 0 Å². The van der Waals surface area contributed by atoms with E-state index in [2.05, 4.69) is 31.8 Å². The molecule has 0 atom stereocenters. The van der Waals surface area contributed by atoms with E-state index >= 15 is 0 Å². The fourth-order valence-corrected chi connectivity index (χ4v) is 2.14. The van der Waals surface area contributed by atoms with Gasteiger partial charge in [0.2, 0.25) is 5.89 Å². The van der Waals surface area contributed by atoms with E-state index in [4.69, 9.17) is 9.15 Å². The number of methoxy groups -OCH3 is 1. The quantitative estimate of drug-likeness (QED) is 0.650. The van der Waals surface area contributed by atoms with Gasteiger partial charge in [0, 0.05) is 10.8 Å². The van der Waals surface area contributed by atoms with Crippen LogP contribution in [0.2, 0.25) is 0 Å². The average Bonchev–Trinajstić information content (AvgIpc) is 2.82. The molecule has 0 bridgehead atoms. The summed E-state index contributed by atoms with van der Waals surface area (Å²) in [6, 6.07) is 10.0. The Morgan fingerprint density at radius 3 is 2.53 bits per heavy atom. The molecule has 19 heavy (non-hydrogen) atoms. The van der Waals surface area contributed by atoms with Crippen molar-refractivity contribution in [3.63, 3.8) is 0 Å². The summed E-state index contributed by atoms with van der Waals surface area (Å²) < 4.78 is 11.1. The highest BCUT2D eigenvalue weighted by molar-refractivity contribution is 6.04. The van der Waals surface area contributed by atoms with Crippen LogP contribution in [0.25, 0.3) is 21.9 Å². The minimum absolute atomic E-state index is 0.0930. The van der Waals surface area contributed by atoms with Crippen LogP contribution < -0.4 is 4.74 Å². The molecule has 0 spiro atoms. The fourth-order valence-electron chi connectivity index (χ4n) is 2.14. The van der Waals surface area contributed by atoms with E-state index in [1.807, 2.05) is 24.3 Å². The molecule has 0 unspecified atom stereocenters. The zero-order chi connectivity index (χ0) is 13.6. The molecule has 0 aliphatic carbocycles. The van der Waals surface area contributed by atoms with Crippen molar-refractivity contribution >= 4 is 21.9 Å². The zero-order valence-electron chi connectivity index (χ0n) is 11.7. The molecule has 98 valence electrons. The van der Waals surface area contributed by atoms with Gasteiger partial charge in [-0.25, -0.2) is 4.98 Å². The summed E-state index contributed by atoms with van der Waals surface area (Å²) in [6.45, 7) is 6.29. The van der Waals surface area contributed by atoms with Gasteiger partial charge in [-0.2, -0.15) is 0 Å². The van der Waals surface area contributed by atoms with E-state index in [-0.39, 0.29) is 5.41 Å². The van der Waals surface area contributed by atoms with Crippen LogP contribution in [0.1, 0.15) is 26.7 Å². The van der Waals surface area contributed by atoms with Crippen molar-refractivity contribution in [1.82, 2.24) is 4.98 Å². The van der Waals surface area contributed by atoms with Crippen molar-refractivity contribution < 1.29 is 9.15 Å². The lowest BCUT2D eigenvalue weighted by Gasteiger charge is -2.11. The summed E-state index contributed by atoms with van der Waals surface area (Å²) in [5.74, 6) is 1.60. The number of benzene rings is 2. The minimum Gasteiger partial charge on any atom is -0.497 e. The molecule has 2 aromatic carbocycles. The highest BCUT2D eigenvalue weighted by atomic mass is 16.5. The maximum absolute atomic E-state index is 5.86. The first kappa shape index (κ1) is 12.0. The van der Waals surface area contributed by atoms with Gasteiger partial charge >= 0.3 is 0 Å². The van der Waals surface area contributed by atoms with Crippen molar-refractivity contribution in [2.45, 2.75) is 26.2 Å². The summed E-state index contributed by atoms with van der Waals surface area (Å²) in [5.41, 5.74) is 1.64. The number of oxazole rings is 1. The lowest BCUT2D eigenvalue weighted by molar-refractivity contribution is 0.411. The van der Waals surface area contributed by atoms with Gasteiger partial charge in [-0.15, -0.1) is 0 Å². The molecule has 0 aliphatic rings. The summed E-state index contributed by atoms with van der Waals surface area (Å²) in [7, 11) is 1.67.